The second kappa shape index (κ2) is 8.66. The molecule has 0 aromatic carbocycles. The Balaban J connectivity index is 2.52. The normalized spacial score (nSPS) is 10.8. The highest BCUT2D eigenvalue weighted by molar-refractivity contribution is 5.42. The van der Waals surface area contributed by atoms with E-state index < -0.39 is 0 Å². The van der Waals surface area contributed by atoms with E-state index in [-0.39, 0.29) is 0 Å². The quantitative estimate of drug-likeness (QED) is 0.519. The summed E-state index contributed by atoms with van der Waals surface area (Å²) in [5.41, 5.74) is 2.53. The van der Waals surface area contributed by atoms with Crippen molar-refractivity contribution in [2.45, 2.75) is 27.2 Å². The van der Waals surface area contributed by atoms with E-state index in [0.29, 0.717) is 5.82 Å². The molecular weight excluding hydrogens is 240 g/mol. The second-order valence-corrected chi connectivity index (χ2v) is 4.37. The number of hydrogen-bond donors (Lipinski definition) is 2. The van der Waals surface area contributed by atoms with Crippen molar-refractivity contribution in [2.75, 3.05) is 43.0 Å². The molecule has 0 spiro atoms. The van der Waals surface area contributed by atoms with E-state index in [4.69, 9.17) is 5.84 Å². The third kappa shape index (κ3) is 5.00. The van der Waals surface area contributed by atoms with Gasteiger partial charge in [-0.25, -0.2) is 10.8 Å². The summed E-state index contributed by atoms with van der Waals surface area (Å²) in [7, 11) is 0. The topological polar surface area (TPSA) is 70.3 Å². The highest BCUT2D eigenvalue weighted by Gasteiger charge is 2.08. The summed E-state index contributed by atoms with van der Waals surface area (Å²) in [6.45, 7) is 11.7. The Kier molecular flexibility index (Phi) is 7.14. The highest BCUT2D eigenvalue weighted by Crippen LogP contribution is 2.12. The van der Waals surface area contributed by atoms with Crippen molar-refractivity contribution in [3.8, 4) is 0 Å². The molecule has 3 N–H and O–H groups in total. The molecule has 0 saturated heterocycles. The van der Waals surface area contributed by atoms with Gasteiger partial charge in [-0.1, -0.05) is 13.8 Å². The molecule has 1 heterocycles. The van der Waals surface area contributed by atoms with Gasteiger partial charge in [0.1, 0.15) is 5.82 Å². The van der Waals surface area contributed by atoms with Crippen LogP contribution in [0, 0.1) is 0 Å². The molecular formula is C13H26N6. The van der Waals surface area contributed by atoms with Crippen molar-refractivity contribution in [2.24, 2.45) is 5.84 Å². The zero-order chi connectivity index (χ0) is 14.1. The van der Waals surface area contributed by atoms with Gasteiger partial charge >= 0.3 is 0 Å². The molecule has 0 bridgehead atoms. The Morgan fingerprint density at radius 1 is 1.11 bits per heavy atom. The van der Waals surface area contributed by atoms with Crippen LogP contribution >= 0.6 is 0 Å². The number of nitrogens with zero attached hydrogens (tertiary/aromatic N) is 4. The van der Waals surface area contributed by atoms with Gasteiger partial charge in [0.05, 0.1) is 12.4 Å². The predicted molar refractivity (Wildman–Crippen MR) is 80.1 cm³/mol. The summed E-state index contributed by atoms with van der Waals surface area (Å²) in [5, 5.41) is 0. The van der Waals surface area contributed by atoms with Crippen LogP contribution in [0.25, 0.3) is 0 Å². The van der Waals surface area contributed by atoms with E-state index in [0.717, 1.165) is 45.0 Å². The van der Waals surface area contributed by atoms with E-state index in [1.807, 2.05) is 0 Å². The molecule has 0 fully saturated rings. The summed E-state index contributed by atoms with van der Waals surface area (Å²) in [6.07, 6.45) is 4.52. The molecule has 0 aliphatic heterocycles. The maximum atomic E-state index is 5.36. The Morgan fingerprint density at radius 3 is 2.42 bits per heavy atom. The SMILES string of the molecule is CCN(CC)CCCN(CC)c1cncc(NN)n1. The molecule has 0 unspecified atom stereocenters. The average Bonchev–Trinajstić information content (AvgIpc) is 2.47. The van der Waals surface area contributed by atoms with Crippen LogP contribution in [-0.2, 0) is 0 Å². The Labute approximate surface area is 116 Å². The van der Waals surface area contributed by atoms with Crippen LogP contribution < -0.4 is 16.2 Å². The average molecular weight is 266 g/mol. The van der Waals surface area contributed by atoms with Crippen LogP contribution in [0.15, 0.2) is 12.4 Å². The first-order valence-electron chi connectivity index (χ1n) is 7.01. The zero-order valence-electron chi connectivity index (χ0n) is 12.3. The Bertz CT molecular complexity index is 353. The molecule has 0 aliphatic carbocycles. The standard InChI is InChI=1S/C13H26N6/c1-4-18(5-2)8-7-9-19(6-3)13-11-15-10-12(16-13)17-14/h10-11H,4-9,14H2,1-3H3,(H,16,17). The van der Waals surface area contributed by atoms with Gasteiger partial charge in [0.2, 0.25) is 0 Å². The van der Waals surface area contributed by atoms with E-state index in [9.17, 15) is 0 Å². The monoisotopic (exact) mass is 266 g/mol. The van der Waals surface area contributed by atoms with Gasteiger partial charge in [-0.3, -0.25) is 4.98 Å². The van der Waals surface area contributed by atoms with Crippen molar-refractivity contribution in [1.82, 2.24) is 14.9 Å². The number of rotatable bonds is 9. The number of aromatic nitrogens is 2. The van der Waals surface area contributed by atoms with Crippen LogP contribution in [0.3, 0.4) is 0 Å². The molecule has 0 radical (unpaired) electrons. The minimum atomic E-state index is 0.597. The first-order chi connectivity index (χ1) is 9.24. The summed E-state index contributed by atoms with van der Waals surface area (Å²) < 4.78 is 0. The predicted octanol–water partition coefficient (Wildman–Crippen LogP) is 1.32. The molecule has 0 atom stereocenters. The summed E-state index contributed by atoms with van der Waals surface area (Å²) in [4.78, 5) is 13.2. The van der Waals surface area contributed by atoms with E-state index in [2.05, 4.69) is 46.0 Å². The van der Waals surface area contributed by atoms with Crippen LogP contribution in [-0.4, -0.2) is 47.6 Å². The number of nitrogens with two attached hydrogens (primary N) is 1. The van der Waals surface area contributed by atoms with Crippen molar-refractivity contribution in [1.29, 1.82) is 0 Å². The first kappa shape index (κ1) is 15.7. The summed E-state index contributed by atoms with van der Waals surface area (Å²) in [6, 6.07) is 0. The summed E-state index contributed by atoms with van der Waals surface area (Å²) >= 11 is 0. The van der Waals surface area contributed by atoms with E-state index in [1.165, 1.54) is 0 Å². The van der Waals surface area contributed by atoms with Crippen molar-refractivity contribution < 1.29 is 0 Å². The van der Waals surface area contributed by atoms with Gasteiger partial charge in [-0.15, -0.1) is 0 Å². The third-order valence-corrected chi connectivity index (χ3v) is 3.27. The molecule has 19 heavy (non-hydrogen) atoms. The molecule has 108 valence electrons. The van der Waals surface area contributed by atoms with Crippen LogP contribution in [0.1, 0.15) is 27.2 Å². The number of nitrogens with one attached hydrogen (secondary N) is 1. The van der Waals surface area contributed by atoms with Gasteiger partial charge in [0.15, 0.2) is 5.82 Å². The van der Waals surface area contributed by atoms with E-state index in [1.54, 1.807) is 12.4 Å². The minimum Gasteiger partial charge on any atom is -0.356 e. The third-order valence-electron chi connectivity index (χ3n) is 3.27. The largest absolute Gasteiger partial charge is 0.356 e. The molecule has 1 aromatic rings. The van der Waals surface area contributed by atoms with Gasteiger partial charge < -0.3 is 15.2 Å². The molecule has 6 heteroatoms. The van der Waals surface area contributed by atoms with Crippen LogP contribution in [0.4, 0.5) is 11.6 Å². The number of hydrogen-bond acceptors (Lipinski definition) is 6. The molecule has 0 amide bonds. The van der Waals surface area contributed by atoms with E-state index >= 15 is 0 Å². The molecule has 6 nitrogen and oxygen atoms in total. The molecule has 0 aliphatic rings. The van der Waals surface area contributed by atoms with Crippen molar-refractivity contribution in [3.05, 3.63) is 12.4 Å². The smallest absolute Gasteiger partial charge is 0.160 e. The van der Waals surface area contributed by atoms with Gasteiger partial charge in [0.25, 0.3) is 0 Å². The summed E-state index contributed by atoms with van der Waals surface area (Å²) in [5.74, 6) is 6.83. The van der Waals surface area contributed by atoms with Gasteiger partial charge in [-0.05, 0) is 33.0 Å². The lowest BCUT2D eigenvalue weighted by atomic mass is 10.3. The zero-order valence-corrected chi connectivity index (χ0v) is 12.3. The lowest BCUT2D eigenvalue weighted by Crippen LogP contribution is -2.30. The lowest BCUT2D eigenvalue weighted by Gasteiger charge is -2.24. The fraction of sp³-hybridized carbons (Fsp3) is 0.692. The minimum absolute atomic E-state index is 0.597. The molecule has 0 saturated carbocycles. The molecule has 1 aromatic heterocycles. The highest BCUT2D eigenvalue weighted by atomic mass is 15.3. The van der Waals surface area contributed by atoms with Crippen LogP contribution in [0.2, 0.25) is 0 Å². The molecule has 1 rings (SSSR count). The number of anilines is 2. The van der Waals surface area contributed by atoms with Gasteiger partial charge in [-0.2, -0.15) is 0 Å². The fourth-order valence-electron chi connectivity index (χ4n) is 2.04. The van der Waals surface area contributed by atoms with Crippen molar-refractivity contribution in [3.63, 3.8) is 0 Å². The Hall–Kier alpha value is -1.40. The maximum absolute atomic E-state index is 5.36. The van der Waals surface area contributed by atoms with Crippen molar-refractivity contribution >= 4 is 11.6 Å². The first-order valence-corrected chi connectivity index (χ1v) is 7.01. The van der Waals surface area contributed by atoms with Crippen LogP contribution in [0.5, 0.6) is 0 Å². The maximum Gasteiger partial charge on any atom is 0.160 e. The second-order valence-electron chi connectivity index (χ2n) is 4.37. The van der Waals surface area contributed by atoms with Gasteiger partial charge in [0, 0.05) is 13.1 Å². The lowest BCUT2D eigenvalue weighted by molar-refractivity contribution is 0.300. The Morgan fingerprint density at radius 2 is 1.84 bits per heavy atom. The number of hydrazine groups is 1. The number of nitrogen functional groups attached to an aromatic ring is 1. The fourth-order valence-corrected chi connectivity index (χ4v) is 2.04.